The van der Waals surface area contributed by atoms with Crippen LogP contribution in [0.25, 0.3) is 10.8 Å². The van der Waals surface area contributed by atoms with E-state index < -0.39 is 0 Å². The molecule has 3 heterocycles. The van der Waals surface area contributed by atoms with Gasteiger partial charge in [0.2, 0.25) is 0 Å². The Hall–Kier alpha value is -2.65. The van der Waals surface area contributed by atoms with E-state index in [1.165, 1.54) is 18.4 Å². The minimum Gasteiger partial charge on any atom is -0.368 e. The molecule has 2 aromatic heterocycles. The van der Waals surface area contributed by atoms with Crippen molar-refractivity contribution in [2.45, 2.75) is 37.6 Å². The third kappa shape index (κ3) is 3.44. The molecule has 0 unspecified atom stereocenters. The SMILES string of the molecule is N#Cc1ncc(N2CCC[C@@H](n3ccc4cc(C5CC5)ccc4c3=O)C2)cc1Br. The number of pyridine rings is 2. The number of halogens is 1. The number of fused-ring (bicyclic) bond motifs is 1. The molecule has 5 nitrogen and oxygen atoms in total. The maximum atomic E-state index is 13.2. The lowest BCUT2D eigenvalue weighted by molar-refractivity contribution is 0.398. The number of hydrogen-bond acceptors (Lipinski definition) is 4. The average molecular weight is 449 g/mol. The van der Waals surface area contributed by atoms with Gasteiger partial charge in [0, 0.05) is 24.7 Å². The smallest absolute Gasteiger partial charge is 0.258 e. The fourth-order valence-corrected chi connectivity index (χ4v) is 4.76. The van der Waals surface area contributed by atoms with Crippen molar-refractivity contribution in [3.8, 4) is 6.07 Å². The highest BCUT2D eigenvalue weighted by Crippen LogP contribution is 2.40. The maximum absolute atomic E-state index is 13.2. The first-order valence-corrected chi connectivity index (χ1v) is 10.9. The molecule has 2 fully saturated rings. The second kappa shape index (κ2) is 7.31. The number of rotatable bonds is 3. The van der Waals surface area contributed by atoms with Gasteiger partial charge in [0.25, 0.3) is 5.56 Å². The van der Waals surface area contributed by atoms with Gasteiger partial charge in [-0.3, -0.25) is 4.79 Å². The van der Waals surface area contributed by atoms with Crippen molar-refractivity contribution in [2.75, 3.05) is 18.0 Å². The van der Waals surface area contributed by atoms with E-state index in [0.717, 1.165) is 42.4 Å². The summed E-state index contributed by atoms with van der Waals surface area (Å²) in [4.78, 5) is 19.7. The number of hydrogen-bond donors (Lipinski definition) is 0. The molecule has 0 bridgehead atoms. The minimum absolute atomic E-state index is 0.0934. The predicted octanol–water partition coefficient (Wildman–Crippen LogP) is 4.75. The van der Waals surface area contributed by atoms with Gasteiger partial charge in [-0.15, -0.1) is 0 Å². The number of nitriles is 1. The van der Waals surface area contributed by atoms with Crippen LogP contribution in [0.15, 0.2) is 52.0 Å². The summed E-state index contributed by atoms with van der Waals surface area (Å²) in [6.45, 7) is 1.68. The molecule has 0 spiro atoms. The highest BCUT2D eigenvalue weighted by Gasteiger charge is 2.25. The van der Waals surface area contributed by atoms with E-state index in [4.69, 9.17) is 5.26 Å². The molecule has 6 heteroatoms. The van der Waals surface area contributed by atoms with E-state index >= 15 is 0 Å². The van der Waals surface area contributed by atoms with Crippen molar-refractivity contribution in [2.24, 2.45) is 0 Å². The Labute approximate surface area is 177 Å². The van der Waals surface area contributed by atoms with E-state index in [0.29, 0.717) is 16.1 Å². The van der Waals surface area contributed by atoms with Crippen LogP contribution < -0.4 is 10.5 Å². The Bertz CT molecular complexity index is 1190. The van der Waals surface area contributed by atoms with E-state index in [2.05, 4.69) is 50.1 Å². The van der Waals surface area contributed by atoms with Crippen LogP contribution in [-0.4, -0.2) is 22.6 Å². The second-order valence-corrected chi connectivity index (χ2v) is 8.88. The van der Waals surface area contributed by atoms with E-state index in [-0.39, 0.29) is 11.6 Å². The van der Waals surface area contributed by atoms with Gasteiger partial charge in [-0.1, -0.05) is 12.1 Å². The van der Waals surface area contributed by atoms with Crippen molar-refractivity contribution >= 4 is 32.4 Å². The monoisotopic (exact) mass is 448 g/mol. The largest absolute Gasteiger partial charge is 0.368 e. The van der Waals surface area contributed by atoms with E-state index in [9.17, 15) is 4.79 Å². The van der Waals surface area contributed by atoms with Crippen LogP contribution in [0.2, 0.25) is 0 Å². The zero-order valence-electron chi connectivity index (χ0n) is 16.0. The van der Waals surface area contributed by atoms with Crippen LogP contribution >= 0.6 is 15.9 Å². The minimum atomic E-state index is 0.0934. The van der Waals surface area contributed by atoms with Gasteiger partial charge in [0.15, 0.2) is 5.69 Å². The number of aromatic nitrogens is 2. The summed E-state index contributed by atoms with van der Waals surface area (Å²) in [6, 6.07) is 12.5. The third-order valence-corrected chi connectivity index (χ3v) is 6.70. The predicted molar refractivity (Wildman–Crippen MR) is 117 cm³/mol. The number of nitrogens with zero attached hydrogens (tertiary/aromatic N) is 4. The fraction of sp³-hybridized carbons (Fsp3) is 0.348. The zero-order valence-corrected chi connectivity index (χ0v) is 17.6. The molecule has 1 saturated heterocycles. The first-order valence-electron chi connectivity index (χ1n) is 10.1. The van der Waals surface area contributed by atoms with Crippen molar-refractivity contribution in [3.05, 3.63) is 68.8 Å². The summed E-state index contributed by atoms with van der Waals surface area (Å²) in [5, 5.41) is 10.9. The Morgan fingerprint density at radius 3 is 2.79 bits per heavy atom. The van der Waals surface area contributed by atoms with Gasteiger partial charge < -0.3 is 9.47 Å². The molecule has 146 valence electrons. The lowest BCUT2D eigenvalue weighted by Crippen LogP contribution is -2.39. The van der Waals surface area contributed by atoms with Crippen LogP contribution in [-0.2, 0) is 0 Å². The summed E-state index contributed by atoms with van der Waals surface area (Å²) in [5.74, 6) is 0.689. The van der Waals surface area contributed by atoms with Crippen molar-refractivity contribution in [3.63, 3.8) is 0 Å². The molecule has 0 radical (unpaired) electrons. The average Bonchev–Trinajstić information content (AvgIpc) is 3.59. The molecular weight excluding hydrogens is 428 g/mol. The van der Waals surface area contributed by atoms with Crippen LogP contribution in [0.5, 0.6) is 0 Å². The molecule has 1 atom stereocenters. The van der Waals surface area contributed by atoms with Gasteiger partial charge in [0.05, 0.1) is 22.4 Å². The highest BCUT2D eigenvalue weighted by molar-refractivity contribution is 9.10. The molecule has 1 aromatic carbocycles. The molecule has 0 amide bonds. The Morgan fingerprint density at radius 2 is 2.03 bits per heavy atom. The van der Waals surface area contributed by atoms with Gasteiger partial charge in [0.1, 0.15) is 6.07 Å². The molecule has 0 N–H and O–H groups in total. The number of anilines is 1. The lowest BCUT2D eigenvalue weighted by Gasteiger charge is -2.35. The fourth-order valence-electron chi connectivity index (χ4n) is 4.34. The van der Waals surface area contributed by atoms with Gasteiger partial charge in [-0.05, 0) is 76.7 Å². The molecule has 1 aliphatic heterocycles. The van der Waals surface area contributed by atoms with Crippen LogP contribution in [0.4, 0.5) is 5.69 Å². The molecule has 29 heavy (non-hydrogen) atoms. The Morgan fingerprint density at radius 1 is 1.17 bits per heavy atom. The van der Waals surface area contributed by atoms with Crippen LogP contribution in [0.1, 0.15) is 48.9 Å². The first kappa shape index (κ1) is 18.4. The Kier molecular flexibility index (Phi) is 4.63. The van der Waals surface area contributed by atoms with E-state index in [1.807, 2.05) is 22.9 Å². The molecule has 3 aromatic rings. The quantitative estimate of drug-likeness (QED) is 0.579. The van der Waals surface area contributed by atoms with Gasteiger partial charge in [-0.25, -0.2) is 4.98 Å². The molecule has 5 rings (SSSR count). The normalized spacial score (nSPS) is 19.3. The summed E-state index contributed by atoms with van der Waals surface area (Å²) in [6.07, 6.45) is 8.22. The van der Waals surface area contributed by atoms with Crippen LogP contribution in [0, 0.1) is 11.3 Å². The summed E-state index contributed by atoms with van der Waals surface area (Å²) in [7, 11) is 0. The molecule has 1 saturated carbocycles. The van der Waals surface area contributed by atoms with Crippen LogP contribution in [0.3, 0.4) is 0 Å². The standard InChI is InChI=1S/C23H21BrN4O/c24-21-11-19(13-26-22(21)12-25)27-8-1-2-18(14-27)28-9-7-17-10-16(15-3-4-15)5-6-20(17)23(28)29/h5-7,9-11,13,15,18H,1-4,8,14H2/t18-/m1/s1. The van der Waals surface area contributed by atoms with Gasteiger partial charge >= 0.3 is 0 Å². The summed E-state index contributed by atoms with van der Waals surface area (Å²) >= 11 is 3.43. The lowest BCUT2D eigenvalue weighted by atomic mass is 10.0. The summed E-state index contributed by atoms with van der Waals surface area (Å²) in [5.41, 5.74) is 2.82. The zero-order chi connectivity index (χ0) is 20.0. The summed E-state index contributed by atoms with van der Waals surface area (Å²) < 4.78 is 2.60. The van der Waals surface area contributed by atoms with Crippen molar-refractivity contribution < 1.29 is 0 Å². The number of piperidine rings is 1. The van der Waals surface area contributed by atoms with Crippen molar-refractivity contribution in [1.29, 1.82) is 5.26 Å². The second-order valence-electron chi connectivity index (χ2n) is 8.03. The molecule has 1 aliphatic carbocycles. The molecular formula is C23H21BrN4O. The third-order valence-electron chi connectivity index (χ3n) is 6.09. The first-order chi connectivity index (χ1) is 14.1. The molecule has 2 aliphatic rings. The Balaban J connectivity index is 1.44. The van der Waals surface area contributed by atoms with E-state index in [1.54, 1.807) is 6.20 Å². The maximum Gasteiger partial charge on any atom is 0.258 e. The number of benzene rings is 1. The van der Waals surface area contributed by atoms with Crippen molar-refractivity contribution in [1.82, 2.24) is 9.55 Å². The van der Waals surface area contributed by atoms with Gasteiger partial charge in [-0.2, -0.15) is 5.26 Å². The topological polar surface area (TPSA) is 61.9 Å². The highest BCUT2D eigenvalue weighted by atomic mass is 79.9.